The summed E-state index contributed by atoms with van der Waals surface area (Å²) in [4.78, 5) is 0. The van der Waals surface area contributed by atoms with E-state index in [9.17, 15) is 16.8 Å². The summed E-state index contributed by atoms with van der Waals surface area (Å²) >= 11 is 0. The van der Waals surface area contributed by atoms with Gasteiger partial charge in [-0.3, -0.25) is 0 Å². The van der Waals surface area contributed by atoms with E-state index in [2.05, 4.69) is 0 Å². The van der Waals surface area contributed by atoms with Gasteiger partial charge in [-0.1, -0.05) is 0 Å². The van der Waals surface area contributed by atoms with Crippen LogP contribution in [-0.4, -0.2) is 62.1 Å². The molecule has 0 bridgehead atoms. The van der Waals surface area contributed by atoms with Gasteiger partial charge in [0.1, 0.15) is 0 Å². The molecule has 2 saturated heterocycles. The fourth-order valence-electron chi connectivity index (χ4n) is 3.11. The summed E-state index contributed by atoms with van der Waals surface area (Å²) in [5, 5.41) is -0.597. The minimum absolute atomic E-state index is 0.200. The topological polar surface area (TPSA) is 74.8 Å². The first-order valence-electron chi connectivity index (χ1n) is 7.40. The van der Waals surface area contributed by atoms with Gasteiger partial charge >= 0.3 is 0 Å². The lowest BCUT2D eigenvalue weighted by atomic mass is 10.2. The van der Waals surface area contributed by atoms with E-state index in [1.807, 2.05) is 0 Å². The molecule has 0 aromatic heterocycles. The molecule has 8 heteroatoms. The normalized spacial score (nSPS) is 28.0. The van der Waals surface area contributed by atoms with Crippen molar-refractivity contribution in [3.05, 3.63) is 0 Å². The van der Waals surface area contributed by atoms with E-state index in [4.69, 9.17) is 0 Å². The van der Waals surface area contributed by atoms with Crippen LogP contribution < -0.4 is 0 Å². The van der Waals surface area contributed by atoms with E-state index in [0.717, 1.165) is 25.7 Å². The number of piperidine rings is 1. The molecule has 0 unspecified atom stereocenters. The first kappa shape index (κ1) is 14.7. The van der Waals surface area contributed by atoms with Crippen LogP contribution in [0, 0.1) is 0 Å². The predicted octanol–water partition coefficient (Wildman–Crippen LogP) is 0.369. The summed E-state index contributed by atoms with van der Waals surface area (Å²) in [5.41, 5.74) is 0. The molecule has 1 saturated carbocycles. The van der Waals surface area contributed by atoms with Crippen molar-refractivity contribution in [1.82, 2.24) is 8.61 Å². The minimum Gasteiger partial charge on any atom is -0.212 e. The van der Waals surface area contributed by atoms with Crippen molar-refractivity contribution in [1.29, 1.82) is 0 Å². The standard InChI is InChI=1S/C12H22N2O4S2/c15-19(16,11-3-4-11)14-9-5-12(6-10-14)20(17,18)13-7-1-2-8-13/h11-12H,1-10H2. The molecule has 6 nitrogen and oxygen atoms in total. The second kappa shape index (κ2) is 5.23. The quantitative estimate of drug-likeness (QED) is 0.749. The van der Waals surface area contributed by atoms with Crippen molar-refractivity contribution in [3.8, 4) is 0 Å². The summed E-state index contributed by atoms with van der Waals surface area (Å²) in [5.74, 6) is 0. The number of nitrogens with zero attached hydrogens (tertiary/aromatic N) is 2. The minimum atomic E-state index is -3.22. The molecular formula is C12H22N2O4S2. The Morgan fingerprint density at radius 2 is 1.00 bits per heavy atom. The largest absolute Gasteiger partial charge is 0.217 e. The molecule has 0 aromatic rings. The third-order valence-electron chi connectivity index (χ3n) is 4.55. The molecule has 3 rings (SSSR count). The highest BCUT2D eigenvalue weighted by molar-refractivity contribution is 7.90. The SMILES string of the molecule is O=S(=O)(C1CCN(S(=O)(=O)C2CC2)CC1)N1CCCC1. The van der Waals surface area contributed by atoms with Crippen molar-refractivity contribution in [2.75, 3.05) is 26.2 Å². The molecule has 2 aliphatic heterocycles. The van der Waals surface area contributed by atoms with Crippen LogP contribution in [0.15, 0.2) is 0 Å². The van der Waals surface area contributed by atoms with Gasteiger partial charge in [0, 0.05) is 26.2 Å². The zero-order chi connectivity index (χ0) is 14.4. The van der Waals surface area contributed by atoms with Crippen molar-refractivity contribution in [2.24, 2.45) is 0 Å². The summed E-state index contributed by atoms with van der Waals surface area (Å²) in [6, 6.07) is 0. The van der Waals surface area contributed by atoms with Gasteiger partial charge in [0.05, 0.1) is 10.5 Å². The van der Waals surface area contributed by atoms with Crippen molar-refractivity contribution in [3.63, 3.8) is 0 Å². The van der Waals surface area contributed by atoms with Crippen LogP contribution in [0.2, 0.25) is 0 Å². The predicted molar refractivity (Wildman–Crippen MR) is 76.3 cm³/mol. The van der Waals surface area contributed by atoms with Crippen molar-refractivity contribution < 1.29 is 16.8 Å². The molecule has 0 aromatic carbocycles. The smallest absolute Gasteiger partial charge is 0.212 e. The molecular weight excluding hydrogens is 300 g/mol. The highest BCUT2D eigenvalue weighted by atomic mass is 32.2. The van der Waals surface area contributed by atoms with Gasteiger partial charge in [-0.05, 0) is 38.5 Å². The van der Waals surface area contributed by atoms with E-state index >= 15 is 0 Å². The fraction of sp³-hybridized carbons (Fsp3) is 1.00. The van der Waals surface area contributed by atoms with Gasteiger partial charge in [0.25, 0.3) is 0 Å². The van der Waals surface area contributed by atoms with Crippen LogP contribution in [0.3, 0.4) is 0 Å². The van der Waals surface area contributed by atoms with E-state index in [1.165, 1.54) is 4.31 Å². The molecule has 0 atom stereocenters. The Balaban J connectivity index is 1.63. The van der Waals surface area contributed by atoms with E-state index in [0.29, 0.717) is 39.0 Å². The second-order valence-corrected chi connectivity index (χ2v) is 10.4. The highest BCUT2D eigenvalue weighted by Gasteiger charge is 2.43. The first-order chi connectivity index (χ1) is 9.42. The summed E-state index contributed by atoms with van der Waals surface area (Å²) in [6.45, 7) is 1.97. The lowest BCUT2D eigenvalue weighted by molar-refractivity contribution is 0.337. The molecule has 1 aliphatic carbocycles. The maximum absolute atomic E-state index is 12.4. The molecule has 0 spiro atoms. The fourth-order valence-corrected chi connectivity index (χ4v) is 6.98. The van der Waals surface area contributed by atoms with Crippen LogP contribution in [-0.2, 0) is 20.0 Å². The van der Waals surface area contributed by atoms with Gasteiger partial charge in [0.15, 0.2) is 0 Å². The number of sulfonamides is 2. The van der Waals surface area contributed by atoms with Gasteiger partial charge in [-0.25, -0.2) is 25.4 Å². The average molecular weight is 322 g/mol. The van der Waals surface area contributed by atoms with Crippen LogP contribution in [0.25, 0.3) is 0 Å². The number of hydrogen-bond acceptors (Lipinski definition) is 4. The monoisotopic (exact) mass is 322 g/mol. The van der Waals surface area contributed by atoms with Crippen molar-refractivity contribution >= 4 is 20.0 Å². The highest BCUT2D eigenvalue weighted by Crippen LogP contribution is 2.33. The first-order valence-corrected chi connectivity index (χ1v) is 10.4. The molecule has 20 heavy (non-hydrogen) atoms. The Hall–Kier alpha value is -0.180. The Bertz CT molecular complexity index is 554. The van der Waals surface area contributed by atoms with Crippen LogP contribution in [0.4, 0.5) is 0 Å². The van der Waals surface area contributed by atoms with Crippen LogP contribution in [0.5, 0.6) is 0 Å². The lowest BCUT2D eigenvalue weighted by Gasteiger charge is -2.32. The van der Waals surface area contributed by atoms with Gasteiger partial charge in [-0.2, -0.15) is 0 Å². The van der Waals surface area contributed by atoms with E-state index in [-0.39, 0.29) is 5.25 Å². The Morgan fingerprint density at radius 1 is 0.600 bits per heavy atom. The zero-order valence-corrected chi connectivity index (χ0v) is 13.2. The Kier molecular flexibility index (Phi) is 3.85. The molecule has 3 fully saturated rings. The molecule has 0 amide bonds. The summed E-state index contributed by atoms with van der Waals surface area (Å²) in [6.07, 6.45) is 4.26. The molecule has 3 aliphatic rings. The average Bonchev–Trinajstić information content (AvgIpc) is 3.15. The molecule has 0 N–H and O–H groups in total. The molecule has 2 heterocycles. The Morgan fingerprint density at radius 3 is 1.45 bits per heavy atom. The number of hydrogen-bond donors (Lipinski definition) is 0. The zero-order valence-electron chi connectivity index (χ0n) is 11.6. The Labute approximate surface area is 121 Å². The van der Waals surface area contributed by atoms with Gasteiger partial charge < -0.3 is 0 Å². The summed E-state index contributed by atoms with van der Waals surface area (Å²) < 4.78 is 52.2. The van der Waals surface area contributed by atoms with Crippen LogP contribution >= 0.6 is 0 Å². The van der Waals surface area contributed by atoms with Crippen molar-refractivity contribution in [2.45, 2.75) is 49.0 Å². The second-order valence-electron chi connectivity index (χ2n) is 5.99. The lowest BCUT2D eigenvalue weighted by Crippen LogP contribution is -2.46. The van der Waals surface area contributed by atoms with Gasteiger partial charge in [-0.15, -0.1) is 0 Å². The maximum Gasteiger partial charge on any atom is 0.217 e. The summed E-state index contributed by atoms with van der Waals surface area (Å²) in [7, 11) is -6.38. The van der Waals surface area contributed by atoms with E-state index in [1.54, 1.807) is 4.31 Å². The third kappa shape index (κ3) is 2.63. The number of rotatable bonds is 4. The molecule has 0 radical (unpaired) electrons. The third-order valence-corrected chi connectivity index (χ3v) is 9.35. The van der Waals surface area contributed by atoms with Crippen LogP contribution in [0.1, 0.15) is 38.5 Å². The molecule has 116 valence electrons. The maximum atomic E-state index is 12.4. The van der Waals surface area contributed by atoms with Gasteiger partial charge in [0.2, 0.25) is 20.0 Å². The van der Waals surface area contributed by atoms with E-state index < -0.39 is 25.3 Å².